The monoisotopic (exact) mass is 311 g/mol. The number of hydrogen-bond acceptors (Lipinski definition) is 4. The van der Waals surface area contributed by atoms with Crippen molar-refractivity contribution in [3.63, 3.8) is 0 Å². The maximum absolute atomic E-state index is 12.6. The number of thioether (sulfide) groups is 1. The molecule has 2 rings (SSSR count). The van der Waals surface area contributed by atoms with Crippen LogP contribution in [-0.4, -0.2) is 31.5 Å². The number of hydrogen-bond donors (Lipinski definition) is 1. The van der Waals surface area contributed by atoms with Gasteiger partial charge in [0.25, 0.3) is 9.84 Å². The largest absolute Gasteiger partial charge is 0.501 e. The van der Waals surface area contributed by atoms with Gasteiger partial charge < -0.3 is 5.32 Å². The third-order valence-corrected chi connectivity index (χ3v) is 5.48. The van der Waals surface area contributed by atoms with E-state index in [1.807, 2.05) is 0 Å². The molecular weight excluding hydrogens is 299 g/mol. The van der Waals surface area contributed by atoms with Crippen molar-refractivity contribution in [3.05, 3.63) is 24.3 Å². The number of alkyl halides is 3. The first-order chi connectivity index (χ1) is 8.82. The second-order valence-electron chi connectivity index (χ2n) is 4.15. The van der Waals surface area contributed by atoms with Gasteiger partial charge in [0.1, 0.15) is 0 Å². The summed E-state index contributed by atoms with van der Waals surface area (Å²) in [5.41, 5.74) is -5.26. The van der Waals surface area contributed by atoms with Crippen LogP contribution < -0.4 is 5.32 Å². The van der Waals surface area contributed by atoms with Gasteiger partial charge in [-0.25, -0.2) is 8.42 Å². The minimum absolute atomic E-state index is 0.00887. The molecule has 1 N–H and O–H groups in total. The van der Waals surface area contributed by atoms with Crippen molar-refractivity contribution in [1.29, 1.82) is 0 Å². The van der Waals surface area contributed by atoms with E-state index in [4.69, 9.17) is 0 Å². The van der Waals surface area contributed by atoms with Crippen LogP contribution in [0.1, 0.15) is 6.42 Å². The summed E-state index contributed by atoms with van der Waals surface area (Å²) in [5.74, 6) is 1.69. The highest BCUT2D eigenvalue weighted by Crippen LogP contribution is 2.35. The van der Waals surface area contributed by atoms with Crippen LogP contribution in [0, 0.1) is 0 Å². The summed E-state index contributed by atoms with van der Waals surface area (Å²) in [6.45, 7) is 0. The number of sulfone groups is 1. The van der Waals surface area contributed by atoms with E-state index in [0.29, 0.717) is 0 Å². The summed E-state index contributed by atoms with van der Waals surface area (Å²) in [5, 5.41) is 2.89. The number of rotatable bonds is 3. The van der Waals surface area contributed by atoms with Crippen molar-refractivity contribution in [2.75, 3.05) is 16.8 Å². The van der Waals surface area contributed by atoms with E-state index in [1.54, 1.807) is 11.8 Å². The molecule has 0 aliphatic carbocycles. The van der Waals surface area contributed by atoms with Crippen LogP contribution in [0.15, 0.2) is 29.2 Å². The molecule has 0 saturated carbocycles. The van der Waals surface area contributed by atoms with Gasteiger partial charge in [0.05, 0.1) is 10.6 Å². The van der Waals surface area contributed by atoms with Crippen LogP contribution >= 0.6 is 11.8 Å². The third-order valence-electron chi connectivity index (χ3n) is 2.77. The molecule has 0 bridgehead atoms. The van der Waals surface area contributed by atoms with E-state index >= 15 is 0 Å². The van der Waals surface area contributed by atoms with Crippen molar-refractivity contribution in [1.82, 2.24) is 0 Å². The molecule has 1 unspecified atom stereocenters. The van der Waals surface area contributed by atoms with Gasteiger partial charge in [0.2, 0.25) is 0 Å². The third kappa shape index (κ3) is 3.00. The number of nitrogens with one attached hydrogen (secondary N) is 1. The average Bonchev–Trinajstić information content (AvgIpc) is 2.81. The van der Waals surface area contributed by atoms with Crippen LogP contribution in [0.4, 0.5) is 18.9 Å². The Hall–Kier alpha value is -0.890. The predicted octanol–water partition coefficient (Wildman–Crippen LogP) is 2.90. The average molecular weight is 311 g/mol. The molecule has 19 heavy (non-hydrogen) atoms. The number of benzene rings is 1. The first-order valence-electron chi connectivity index (χ1n) is 5.57. The lowest BCUT2D eigenvalue weighted by Gasteiger charge is -2.17. The van der Waals surface area contributed by atoms with Gasteiger partial charge in [0.15, 0.2) is 0 Å². The lowest BCUT2D eigenvalue weighted by atomic mass is 10.2. The lowest BCUT2D eigenvalue weighted by molar-refractivity contribution is -0.0435. The molecule has 1 saturated heterocycles. The van der Waals surface area contributed by atoms with Gasteiger partial charge in [-0.1, -0.05) is 12.1 Å². The zero-order valence-corrected chi connectivity index (χ0v) is 11.4. The SMILES string of the molecule is O=S(=O)(c1ccccc1NC1CCSC1)C(F)(F)F. The fourth-order valence-corrected chi connectivity index (χ4v) is 3.89. The van der Waals surface area contributed by atoms with Gasteiger partial charge >= 0.3 is 5.51 Å². The molecule has 0 radical (unpaired) electrons. The molecule has 1 heterocycles. The Kier molecular flexibility index (Phi) is 4.00. The normalized spacial score (nSPS) is 20.5. The van der Waals surface area contributed by atoms with Crippen LogP contribution in [0.2, 0.25) is 0 Å². The van der Waals surface area contributed by atoms with Gasteiger partial charge in [-0.05, 0) is 24.3 Å². The highest BCUT2D eigenvalue weighted by atomic mass is 32.2. The maximum atomic E-state index is 12.6. The molecule has 0 aromatic heterocycles. The highest BCUT2D eigenvalue weighted by Gasteiger charge is 2.48. The zero-order valence-electron chi connectivity index (χ0n) is 9.77. The number of anilines is 1. The van der Waals surface area contributed by atoms with Crippen LogP contribution in [0.5, 0.6) is 0 Å². The Bertz CT molecular complexity index is 551. The molecule has 3 nitrogen and oxygen atoms in total. The van der Waals surface area contributed by atoms with E-state index in [1.165, 1.54) is 18.2 Å². The topological polar surface area (TPSA) is 46.2 Å². The smallest absolute Gasteiger partial charge is 0.380 e. The standard InChI is InChI=1S/C11H12F3NO2S2/c12-11(13,14)19(16,17)10-4-2-1-3-9(10)15-8-5-6-18-7-8/h1-4,8,15H,5-7H2. The molecule has 8 heteroatoms. The van der Waals surface area contributed by atoms with Crippen LogP contribution in [-0.2, 0) is 9.84 Å². The molecule has 1 atom stereocenters. The number of para-hydroxylation sites is 1. The summed E-state index contributed by atoms with van der Waals surface area (Å²) in [7, 11) is -5.32. The predicted molar refractivity (Wildman–Crippen MR) is 69.0 cm³/mol. The first kappa shape index (κ1) is 14.5. The van der Waals surface area contributed by atoms with Crippen LogP contribution in [0.3, 0.4) is 0 Å². The van der Waals surface area contributed by atoms with Gasteiger partial charge in [0, 0.05) is 11.8 Å². The van der Waals surface area contributed by atoms with Gasteiger partial charge in [-0.2, -0.15) is 24.9 Å². The fraction of sp³-hybridized carbons (Fsp3) is 0.455. The maximum Gasteiger partial charge on any atom is 0.501 e. The Balaban J connectivity index is 2.36. The first-order valence-corrected chi connectivity index (χ1v) is 8.21. The highest BCUT2D eigenvalue weighted by molar-refractivity contribution is 7.99. The Morgan fingerprint density at radius 3 is 2.53 bits per heavy atom. The molecular formula is C11H12F3NO2S2. The van der Waals surface area contributed by atoms with Crippen molar-refractivity contribution in [3.8, 4) is 0 Å². The van der Waals surface area contributed by atoms with E-state index in [2.05, 4.69) is 5.32 Å². The Morgan fingerprint density at radius 2 is 1.95 bits per heavy atom. The summed E-state index contributed by atoms with van der Waals surface area (Å²) in [6.07, 6.45) is 0.811. The van der Waals surface area contributed by atoms with E-state index in [-0.39, 0.29) is 11.7 Å². The molecule has 0 spiro atoms. The second kappa shape index (κ2) is 5.24. The molecule has 0 amide bonds. The quantitative estimate of drug-likeness (QED) is 0.932. The molecule has 1 aromatic carbocycles. The van der Waals surface area contributed by atoms with Gasteiger partial charge in [-0.15, -0.1) is 0 Å². The van der Waals surface area contributed by atoms with Crippen molar-refractivity contribution in [2.24, 2.45) is 0 Å². The van der Waals surface area contributed by atoms with Gasteiger partial charge in [-0.3, -0.25) is 0 Å². The molecule has 1 aliphatic heterocycles. The summed E-state index contributed by atoms with van der Waals surface area (Å²) >= 11 is 1.69. The van der Waals surface area contributed by atoms with E-state index < -0.39 is 20.2 Å². The zero-order chi connectivity index (χ0) is 14.1. The lowest BCUT2D eigenvalue weighted by Crippen LogP contribution is -2.26. The molecule has 1 fully saturated rings. The number of halogens is 3. The molecule has 106 valence electrons. The Morgan fingerprint density at radius 1 is 1.26 bits per heavy atom. The van der Waals surface area contributed by atoms with Crippen molar-refractivity contribution < 1.29 is 21.6 Å². The fourth-order valence-electron chi connectivity index (χ4n) is 1.81. The minimum atomic E-state index is -5.32. The summed E-state index contributed by atoms with van der Waals surface area (Å²) in [4.78, 5) is -0.709. The Labute approximate surface area is 113 Å². The van der Waals surface area contributed by atoms with Crippen molar-refractivity contribution in [2.45, 2.75) is 22.9 Å². The van der Waals surface area contributed by atoms with E-state index in [0.717, 1.165) is 24.0 Å². The second-order valence-corrected chi connectivity index (χ2v) is 7.21. The summed E-state index contributed by atoms with van der Waals surface area (Å²) in [6, 6.07) is 5.15. The summed E-state index contributed by atoms with van der Waals surface area (Å²) < 4.78 is 60.7. The molecule has 1 aromatic rings. The van der Waals surface area contributed by atoms with Crippen LogP contribution in [0.25, 0.3) is 0 Å². The minimum Gasteiger partial charge on any atom is -0.380 e. The van der Waals surface area contributed by atoms with E-state index in [9.17, 15) is 21.6 Å². The van der Waals surface area contributed by atoms with Crippen molar-refractivity contribution >= 4 is 27.3 Å². The molecule has 1 aliphatic rings.